The number of amides is 1. The van der Waals surface area contributed by atoms with Crippen LogP contribution >= 0.6 is 23.7 Å². The van der Waals surface area contributed by atoms with E-state index in [1.165, 1.54) is 18.4 Å². The molecule has 152 valence electrons. The van der Waals surface area contributed by atoms with Gasteiger partial charge in [0.2, 0.25) is 5.01 Å². The molecule has 8 nitrogen and oxygen atoms in total. The molecule has 0 bridgehead atoms. The Morgan fingerprint density at radius 2 is 1.89 bits per heavy atom. The van der Waals surface area contributed by atoms with Gasteiger partial charge in [0.15, 0.2) is 0 Å². The minimum absolute atomic E-state index is 0. The number of nitrogens with one attached hydrogen (secondary N) is 1. The maximum Gasteiger partial charge on any atom is 0.307 e. The third kappa shape index (κ3) is 6.10. The first-order chi connectivity index (χ1) is 12.7. The van der Waals surface area contributed by atoms with Crippen molar-refractivity contribution in [3.63, 3.8) is 0 Å². The van der Waals surface area contributed by atoms with Crippen LogP contribution in [0.2, 0.25) is 0 Å². The van der Waals surface area contributed by atoms with Crippen LogP contribution in [-0.2, 0) is 14.3 Å². The molecule has 0 spiro atoms. The molecule has 1 aromatic rings. The lowest BCUT2D eigenvalue weighted by atomic mass is 9.99. The van der Waals surface area contributed by atoms with E-state index in [9.17, 15) is 9.59 Å². The van der Waals surface area contributed by atoms with Crippen molar-refractivity contribution in [2.75, 3.05) is 39.9 Å². The number of piperidine rings is 2. The van der Waals surface area contributed by atoms with Crippen molar-refractivity contribution in [3.8, 4) is 0 Å². The monoisotopic (exact) mass is 418 g/mol. The fourth-order valence-electron chi connectivity index (χ4n) is 3.33. The van der Waals surface area contributed by atoms with Crippen molar-refractivity contribution in [2.45, 2.75) is 44.1 Å². The molecule has 2 aliphatic rings. The normalized spacial score (nSPS) is 18.8. The molecular formula is C17H27ClN4O4S. The van der Waals surface area contributed by atoms with Crippen LogP contribution in [0.4, 0.5) is 0 Å². The molecular weight excluding hydrogens is 392 g/mol. The second-order valence-electron chi connectivity index (χ2n) is 6.66. The Kier molecular flexibility index (Phi) is 8.88. The third-order valence-corrected chi connectivity index (χ3v) is 6.00. The standard InChI is InChI=1S/C17H26N4O4S.ClH/c1-24-14(22)6-11-25-13-4-9-21(10-5-13)17(23)16-20-19-15(26-16)12-2-7-18-8-3-12;/h12-13,18H,2-11H2,1H3;1H. The molecule has 3 heterocycles. The van der Waals surface area contributed by atoms with Gasteiger partial charge in [-0.25, -0.2) is 0 Å². The smallest absolute Gasteiger partial charge is 0.307 e. The number of halogens is 1. The van der Waals surface area contributed by atoms with Gasteiger partial charge in [0, 0.05) is 19.0 Å². The molecule has 0 radical (unpaired) electrons. The van der Waals surface area contributed by atoms with Gasteiger partial charge in [0.25, 0.3) is 5.91 Å². The summed E-state index contributed by atoms with van der Waals surface area (Å²) in [7, 11) is 1.37. The molecule has 27 heavy (non-hydrogen) atoms. The van der Waals surface area contributed by atoms with E-state index in [2.05, 4.69) is 20.3 Å². The number of rotatable bonds is 6. The Labute approximate surface area is 169 Å². The van der Waals surface area contributed by atoms with Crippen molar-refractivity contribution >= 4 is 35.6 Å². The van der Waals surface area contributed by atoms with E-state index in [-0.39, 0.29) is 36.8 Å². The number of likely N-dealkylation sites (tertiary alicyclic amines) is 1. The number of hydrogen-bond acceptors (Lipinski definition) is 8. The molecule has 10 heteroatoms. The molecule has 0 atom stereocenters. The fourth-order valence-corrected chi connectivity index (χ4v) is 4.31. The maximum atomic E-state index is 12.7. The van der Waals surface area contributed by atoms with Crippen LogP contribution in [0.3, 0.4) is 0 Å². The van der Waals surface area contributed by atoms with Gasteiger partial charge < -0.3 is 19.7 Å². The van der Waals surface area contributed by atoms with Crippen molar-refractivity contribution in [1.82, 2.24) is 20.4 Å². The summed E-state index contributed by atoms with van der Waals surface area (Å²) >= 11 is 1.44. The summed E-state index contributed by atoms with van der Waals surface area (Å²) in [5, 5.41) is 13.2. The highest BCUT2D eigenvalue weighted by Gasteiger charge is 2.28. The summed E-state index contributed by atoms with van der Waals surface area (Å²) in [6.45, 7) is 3.64. The summed E-state index contributed by atoms with van der Waals surface area (Å²) in [5.74, 6) is 0.123. The van der Waals surface area contributed by atoms with Crippen LogP contribution in [0.1, 0.15) is 52.8 Å². The van der Waals surface area contributed by atoms with E-state index in [0.29, 0.717) is 30.6 Å². The number of aromatic nitrogens is 2. The Morgan fingerprint density at radius 3 is 2.56 bits per heavy atom. The van der Waals surface area contributed by atoms with Crippen LogP contribution in [0, 0.1) is 0 Å². The Morgan fingerprint density at radius 1 is 1.19 bits per heavy atom. The molecule has 0 saturated carbocycles. The van der Waals surface area contributed by atoms with Crippen molar-refractivity contribution in [1.29, 1.82) is 0 Å². The van der Waals surface area contributed by atoms with E-state index in [1.54, 1.807) is 0 Å². The predicted octanol–water partition coefficient (Wildman–Crippen LogP) is 1.61. The topological polar surface area (TPSA) is 93.7 Å². The van der Waals surface area contributed by atoms with E-state index >= 15 is 0 Å². The van der Waals surface area contributed by atoms with Gasteiger partial charge in [-0.2, -0.15) is 0 Å². The number of nitrogens with zero attached hydrogens (tertiary/aromatic N) is 3. The average molecular weight is 419 g/mol. The highest BCUT2D eigenvalue weighted by molar-refractivity contribution is 7.13. The zero-order chi connectivity index (χ0) is 18.4. The van der Waals surface area contributed by atoms with Crippen molar-refractivity contribution in [2.24, 2.45) is 0 Å². The predicted molar refractivity (Wildman–Crippen MR) is 104 cm³/mol. The second-order valence-corrected chi connectivity index (χ2v) is 7.67. The SMILES string of the molecule is COC(=O)CCOC1CCN(C(=O)c2nnc(C3CCNCC3)s2)CC1.Cl. The number of carbonyl (C=O) groups is 2. The van der Waals surface area contributed by atoms with E-state index < -0.39 is 0 Å². The molecule has 0 unspecified atom stereocenters. The quantitative estimate of drug-likeness (QED) is 0.701. The minimum atomic E-state index is -0.265. The highest BCUT2D eigenvalue weighted by atomic mass is 35.5. The lowest BCUT2D eigenvalue weighted by Gasteiger charge is -2.31. The first-order valence-electron chi connectivity index (χ1n) is 9.19. The van der Waals surface area contributed by atoms with E-state index in [4.69, 9.17) is 4.74 Å². The van der Waals surface area contributed by atoms with Crippen LogP contribution in [0.25, 0.3) is 0 Å². The van der Waals surface area contributed by atoms with Gasteiger partial charge in [-0.15, -0.1) is 22.6 Å². The molecule has 1 amide bonds. The van der Waals surface area contributed by atoms with Crippen LogP contribution in [0.15, 0.2) is 0 Å². The number of carbonyl (C=O) groups excluding carboxylic acids is 2. The first kappa shape index (κ1) is 22.0. The van der Waals surface area contributed by atoms with Gasteiger partial charge >= 0.3 is 5.97 Å². The summed E-state index contributed by atoms with van der Waals surface area (Å²) in [5.41, 5.74) is 0. The lowest BCUT2D eigenvalue weighted by molar-refractivity contribution is -0.142. The summed E-state index contributed by atoms with van der Waals surface area (Å²) in [4.78, 5) is 25.6. The molecule has 2 fully saturated rings. The largest absolute Gasteiger partial charge is 0.469 e. The Balaban J connectivity index is 0.00000261. The maximum absolute atomic E-state index is 12.7. The van der Waals surface area contributed by atoms with Gasteiger partial charge in [-0.05, 0) is 38.8 Å². The van der Waals surface area contributed by atoms with Gasteiger partial charge in [0.05, 0.1) is 26.2 Å². The molecule has 1 aromatic heterocycles. The molecule has 0 aromatic carbocycles. The molecule has 1 N–H and O–H groups in total. The fraction of sp³-hybridized carbons (Fsp3) is 0.765. The van der Waals surface area contributed by atoms with Crippen LogP contribution in [0.5, 0.6) is 0 Å². The second kappa shape index (κ2) is 10.9. The molecule has 0 aliphatic carbocycles. The Bertz CT molecular complexity index is 616. The van der Waals surface area contributed by atoms with Crippen LogP contribution < -0.4 is 5.32 Å². The Hall–Kier alpha value is -1.29. The minimum Gasteiger partial charge on any atom is -0.469 e. The van der Waals surface area contributed by atoms with E-state index in [0.717, 1.165) is 43.8 Å². The van der Waals surface area contributed by atoms with Gasteiger partial charge in [-0.1, -0.05) is 11.3 Å². The zero-order valence-electron chi connectivity index (χ0n) is 15.5. The number of esters is 1. The zero-order valence-corrected chi connectivity index (χ0v) is 17.1. The lowest BCUT2D eigenvalue weighted by Crippen LogP contribution is -2.41. The third-order valence-electron chi connectivity index (χ3n) is 4.93. The number of ether oxygens (including phenoxy) is 2. The number of hydrogen-bond donors (Lipinski definition) is 1. The highest BCUT2D eigenvalue weighted by Crippen LogP contribution is 2.28. The molecule has 2 aliphatic heterocycles. The van der Waals surface area contributed by atoms with Gasteiger partial charge in [0.1, 0.15) is 5.01 Å². The van der Waals surface area contributed by atoms with Crippen molar-refractivity contribution in [3.05, 3.63) is 10.0 Å². The number of methoxy groups -OCH3 is 1. The molecule has 3 rings (SSSR count). The summed E-state index contributed by atoms with van der Waals surface area (Å²) in [6, 6.07) is 0. The van der Waals surface area contributed by atoms with Gasteiger partial charge in [-0.3, -0.25) is 9.59 Å². The summed E-state index contributed by atoms with van der Waals surface area (Å²) < 4.78 is 10.3. The first-order valence-corrected chi connectivity index (χ1v) is 10.0. The van der Waals surface area contributed by atoms with Crippen LogP contribution in [-0.4, -0.2) is 73.0 Å². The van der Waals surface area contributed by atoms with Crippen molar-refractivity contribution < 1.29 is 19.1 Å². The van der Waals surface area contributed by atoms with E-state index in [1.807, 2.05) is 4.90 Å². The average Bonchev–Trinajstić information content (AvgIpc) is 3.19. The molecule has 2 saturated heterocycles. The summed E-state index contributed by atoms with van der Waals surface area (Å²) in [6.07, 6.45) is 4.00.